The van der Waals surface area contributed by atoms with Crippen molar-refractivity contribution in [1.82, 2.24) is 15.2 Å². The molecule has 148 valence electrons. The number of ether oxygens (including phenoxy) is 1. The van der Waals surface area contributed by atoms with Gasteiger partial charge in [-0.2, -0.15) is 13.2 Å². The van der Waals surface area contributed by atoms with Gasteiger partial charge in [-0.15, -0.1) is 10.2 Å². The molecule has 0 saturated heterocycles. The molecule has 2 aromatic heterocycles. The number of aromatic nitrogens is 3. The Morgan fingerprint density at radius 3 is 2.54 bits per heavy atom. The van der Waals surface area contributed by atoms with Gasteiger partial charge in [-0.1, -0.05) is 32.4 Å². The Morgan fingerprint density at radius 2 is 1.86 bits per heavy atom. The molecule has 4 bridgehead atoms. The van der Waals surface area contributed by atoms with E-state index >= 15 is 0 Å². The van der Waals surface area contributed by atoms with Gasteiger partial charge in [-0.05, 0) is 25.0 Å². The maximum absolute atomic E-state index is 13.2. The monoisotopic (exact) mass is 470 g/mol. The zero-order valence-corrected chi connectivity index (χ0v) is 20.8. The van der Waals surface area contributed by atoms with Gasteiger partial charge in [0.1, 0.15) is 5.56 Å². The van der Waals surface area contributed by atoms with Crippen molar-refractivity contribution in [3.63, 3.8) is 0 Å². The fourth-order valence-electron chi connectivity index (χ4n) is 2.29. The van der Waals surface area contributed by atoms with E-state index in [1.807, 2.05) is 13.8 Å². The third kappa shape index (κ3) is 6.34. The minimum atomic E-state index is -4.68. The molecule has 0 radical (unpaired) electrons. The van der Waals surface area contributed by atoms with Crippen LogP contribution in [-0.2, 0) is 6.18 Å². The largest absolute Gasteiger partial charge is 1.00 e. The number of rotatable bonds is 0. The summed E-state index contributed by atoms with van der Waals surface area (Å²) in [6.45, 7) is 3.99. The number of hydrogen-bond donors (Lipinski definition) is 1. The number of anilines is 1. The van der Waals surface area contributed by atoms with Gasteiger partial charge in [-0.3, -0.25) is 0 Å². The zero-order valence-electron chi connectivity index (χ0n) is 15.9. The molecule has 1 aliphatic rings. The molecule has 1 unspecified atom stereocenters. The summed E-state index contributed by atoms with van der Waals surface area (Å²) < 4.78 is 50.0. The summed E-state index contributed by atoms with van der Waals surface area (Å²) in [4.78, 5) is 3.81. The van der Waals surface area contributed by atoms with Crippen LogP contribution in [0.2, 0.25) is 0 Å². The molecule has 7 nitrogen and oxygen atoms in total. The fourth-order valence-corrected chi connectivity index (χ4v) is 2.29. The van der Waals surface area contributed by atoms with Crippen molar-refractivity contribution in [1.29, 1.82) is 0 Å². The van der Waals surface area contributed by atoms with E-state index in [0.717, 1.165) is 0 Å². The Kier molecular flexibility index (Phi) is 10.3. The number of allylic oxidation sites excluding steroid dienone is 1. The summed E-state index contributed by atoms with van der Waals surface area (Å²) in [5.41, 5.74) is 4.12. The van der Waals surface area contributed by atoms with E-state index in [1.165, 1.54) is 0 Å². The third-order valence-electron chi connectivity index (χ3n) is 3.53. The molecule has 0 amide bonds. The molecule has 0 aliphatic carbocycles. The Hall–Kier alpha value is -0.815. The number of halogens is 3. The Morgan fingerprint density at radius 1 is 1.18 bits per heavy atom. The number of nitrogens with zero attached hydrogens (tertiary/aromatic N) is 3. The predicted molar refractivity (Wildman–Crippen MR) is 89.5 cm³/mol. The molecule has 0 spiro atoms. The van der Waals surface area contributed by atoms with Gasteiger partial charge in [0.05, 0.1) is 12.3 Å². The van der Waals surface area contributed by atoms with Crippen molar-refractivity contribution in [2.75, 3.05) is 12.3 Å². The van der Waals surface area contributed by atoms with Crippen LogP contribution in [-0.4, -0.2) is 21.8 Å². The molecule has 0 fully saturated rings. The van der Waals surface area contributed by atoms with Crippen molar-refractivity contribution in [3.8, 4) is 17.5 Å². The third-order valence-corrected chi connectivity index (χ3v) is 3.53. The molecule has 2 N–H and O–H groups in total. The first-order valence-electron chi connectivity index (χ1n) is 8.51. The van der Waals surface area contributed by atoms with E-state index in [4.69, 9.17) is 14.9 Å². The summed E-state index contributed by atoms with van der Waals surface area (Å²) in [5.74, 6) is -1.01. The van der Waals surface area contributed by atoms with E-state index in [2.05, 4.69) is 15.2 Å². The number of fused-ring (bicyclic) bond motifs is 5. The van der Waals surface area contributed by atoms with E-state index < -0.39 is 23.7 Å². The van der Waals surface area contributed by atoms with Crippen LogP contribution < -0.4 is 73.8 Å². The number of nitrogens with two attached hydrogens (primary N) is 1. The molecule has 3 heterocycles. The van der Waals surface area contributed by atoms with Crippen LogP contribution in [0.4, 0.5) is 18.9 Å². The Labute approximate surface area is 209 Å². The van der Waals surface area contributed by atoms with Crippen molar-refractivity contribution in [2.45, 2.75) is 45.4 Å². The quantitative estimate of drug-likeness (QED) is 0.551. The average Bonchev–Trinajstić information content (AvgIpc) is 3.11. The standard InChI is InChI=1S/C15H14F3N4O3.C2H6.Rb/c16-15(17,18)8-7-9(19)11-14-22-21-13(25-14)10(23)5-3-1-2-4-6-24-12(8)20-11;1-2;/h1-2,7,10H,3-6,19H2;1-2H3;/q-1;;+1/b2-1-;;. The van der Waals surface area contributed by atoms with Gasteiger partial charge in [-0.25, -0.2) is 4.98 Å². The van der Waals surface area contributed by atoms with Crippen LogP contribution in [0.1, 0.15) is 50.7 Å². The topological polar surface area (TPSA) is 110 Å². The van der Waals surface area contributed by atoms with Crippen LogP contribution in [0.15, 0.2) is 22.6 Å². The summed E-state index contributed by atoms with van der Waals surface area (Å²) >= 11 is 0. The minimum absolute atomic E-state index is 0. The van der Waals surface area contributed by atoms with Gasteiger partial charge >= 0.3 is 64.4 Å². The van der Waals surface area contributed by atoms with E-state index in [9.17, 15) is 18.3 Å². The van der Waals surface area contributed by atoms with Gasteiger partial charge in [0.15, 0.2) is 5.69 Å². The second kappa shape index (κ2) is 11.4. The van der Waals surface area contributed by atoms with Gasteiger partial charge < -0.3 is 20.0 Å². The molecule has 0 saturated carbocycles. The molecule has 1 aliphatic heterocycles. The van der Waals surface area contributed by atoms with E-state index in [1.54, 1.807) is 12.2 Å². The van der Waals surface area contributed by atoms with Crippen LogP contribution in [0.3, 0.4) is 0 Å². The fraction of sp³-hybridized carbons (Fsp3) is 0.471. The normalized spacial score (nSPS) is 17.9. The van der Waals surface area contributed by atoms with Gasteiger partial charge in [0, 0.05) is 0 Å². The number of hydrogen-bond acceptors (Lipinski definition) is 7. The number of alkyl halides is 3. The van der Waals surface area contributed by atoms with Gasteiger partial charge in [0.2, 0.25) is 11.8 Å². The van der Waals surface area contributed by atoms with Crippen LogP contribution >= 0.6 is 0 Å². The van der Waals surface area contributed by atoms with Crippen molar-refractivity contribution in [2.24, 2.45) is 0 Å². The van der Waals surface area contributed by atoms with Crippen LogP contribution in [0.5, 0.6) is 5.88 Å². The molecular weight excluding hydrogens is 451 g/mol. The first-order chi connectivity index (χ1) is 12.9. The summed E-state index contributed by atoms with van der Waals surface area (Å²) in [6, 6.07) is 0.706. The Balaban J connectivity index is 0.00000127. The molecule has 28 heavy (non-hydrogen) atoms. The minimum Gasteiger partial charge on any atom is -0.845 e. The smallest absolute Gasteiger partial charge is 0.845 e. The maximum atomic E-state index is 13.2. The molecule has 3 rings (SSSR count). The molecule has 1 atom stereocenters. The van der Waals surface area contributed by atoms with Crippen molar-refractivity contribution in [3.05, 3.63) is 29.7 Å². The predicted octanol–water partition coefficient (Wildman–Crippen LogP) is 0.283. The summed E-state index contributed by atoms with van der Waals surface area (Å²) in [7, 11) is 0. The molecular formula is C17H20F3N4O3Rb. The summed E-state index contributed by atoms with van der Waals surface area (Å²) in [5, 5.41) is 19.3. The first-order valence-corrected chi connectivity index (χ1v) is 8.51. The second-order valence-electron chi connectivity index (χ2n) is 5.40. The van der Waals surface area contributed by atoms with Crippen LogP contribution in [0, 0.1) is 0 Å². The first kappa shape index (κ1) is 25.2. The van der Waals surface area contributed by atoms with Gasteiger partial charge in [0.25, 0.3) is 5.89 Å². The maximum Gasteiger partial charge on any atom is 1.00 e. The van der Waals surface area contributed by atoms with Crippen molar-refractivity contribution >= 4 is 5.69 Å². The molecule has 2 aromatic rings. The number of pyridine rings is 1. The number of nitrogen functional groups attached to an aromatic ring is 1. The van der Waals surface area contributed by atoms with Crippen molar-refractivity contribution < 1.29 is 85.6 Å². The van der Waals surface area contributed by atoms with Crippen LogP contribution in [0.25, 0.3) is 11.6 Å². The second-order valence-corrected chi connectivity index (χ2v) is 5.40. The SMILES string of the molecule is CC.Nc1cc(C(F)(F)F)c2nc1-c1nnc(o1)C([O-])CC/C=C\CCO2.[Rb+]. The van der Waals surface area contributed by atoms with E-state index in [0.29, 0.717) is 18.9 Å². The summed E-state index contributed by atoms with van der Waals surface area (Å²) in [6.07, 6.45) is -1.34. The average molecular weight is 471 g/mol. The molecule has 0 aromatic carbocycles. The Bertz CT molecular complexity index is 796. The molecule has 11 heteroatoms. The zero-order chi connectivity index (χ0) is 20.0. The van der Waals surface area contributed by atoms with E-state index in [-0.39, 0.29) is 94.4 Å².